The van der Waals surface area contributed by atoms with Crippen LogP contribution in [0.2, 0.25) is 0 Å². The molecule has 0 atom stereocenters. The number of para-hydroxylation sites is 1. The van der Waals surface area contributed by atoms with Crippen molar-refractivity contribution in [2.75, 3.05) is 7.11 Å². The van der Waals surface area contributed by atoms with Crippen molar-refractivity contribution in [3.8, 4) is 5.75 Å². The standard InChI is InChI=1S/C17H16N2O4/c1-22-14-5-3-2-4-12(14)9-16(20)18-10-11-6-7-13-15(8-11)23-17(21)19-13/h2-8H,9-10H2,1H3,(H,18,20)(H,19,21). The number of hydrogen-bond acceptors (Lipinski definition) is 4. The number of hydrogen-bond donors (Lipinski definition) is 2. The predicted octanol–water partition coefficient (Wildman–Crippen LogP) is 1.99. The van der Waals surface area contributed by atoms with E-state index in [-0.39, 0.29) is 12.3 Å². The number of aromatic amines is 1. The molecule has 23 heavy (non-hydrogen) atoms. The second kappa shape index (κ2) is 6.39. The molecule has 2 N–H and O–H groups in total. The van der Waals surface area contributed by atoms with Crippen LogP contribution >= 0.6 is 0 Å². The SMILES string of the molecule is COc1ccccc1CC(=O)NCc1ccc2[nH]c(=O)oc2c1. The van der Waals surface area contributed by atoms with Crippen LogP contribution in [0.3, 0.4) is 0 Å². The summed E-state index contributed by atoms with van der Waals surface area (Å²) in [7, 11) is 1.58. The van der Waals surface area contributed by atoms with Gasteiger partial charge in [-0.25, -0.2) is 4.79 Å². The Balaban J connectivity index is 1.64. The molecule has 0 aliphatic carbocycles. The Hall–Kier alpha value is -3.02. The van der Waals surface area contributed by atoms with Crippen LogP contribution < -0.4 is 15.8 Å². The first kappa shape index (κ1) is 14.9. The van der Waals surface area contributed by atoms with Crippen molar-refractivity contribution in [1.82, 2.24) is 10.3 Å². The molecule has 118 valence electrons. The maximum atomic E-state index is 12.1. The smallest absolute Gasteiger partial charge is 0.417 e. The maximum absolute atomic E-state index is 12.1. The van der Waals surface area contributed by atoms with Gasteiger partial charge in [0.05, 0.1) is 19.0 Å². The molecule has 0 radical (unpaired) electrons. The molecule has 0 saturated heterocycles. The van der Waals surface area contributed by atoms with E-state index in [1.54, 1.807) is 19.2 Å². The van der Waals surface area contributed by atoms with Crippen LogP contribution in [-0.4, -0.2) is 18.0 Å². The first-order chi connectivity index (χ1) is 11.2. The molecule has 0 spiro atoms. The largest absolute Gasteiger partial charge is 0.496 e. The number of oxazole rings is 1. The number of ether oxygens (including phenoxy) is 1. The van der Waals surface area contributed by atoms with E-state index in [1.165, 1.54) is 0 Å². The van der Waals surface area contributed by atoms with E-state index in [9.17, 15) is 9.59 Å². The van der Waals surface area contributed by atoms with Crippen molar-refractivity contribution in [1.29, 1.82) is 0 Å². The topological polar surface area (TPSA) is 84.3 Å². The Morgan fingerprint density at radius 1 is 1.26 bits per heavy atom. The van der Waals surface area contributed by atoms with Crippen molar-refractivity contribution in [2.24, 2.45) is 0 Å². The van der Waals surface area contributed by atoms with Crippen LogP contribution in [-0.2, 0) is 17.8 Å². The number of benzene rings is 2. The van der Waals surface area contributed by atoms with Gasteiger partial charge >= 0.3 is 5.76 Å². The average Bonchev–Trinajstić information content (AvgIpc) is 2.92. The van der Waals surface area contributed by atoms with Crippen LogP contribution in [0.5, 0.6) is 5.75 Å². The van der Waals surface area contributed by atoms with Gasteiger partial charge in [-0.3, -0.25) is 9.78 Å². The van der Waals surface area contributed by atoms with Crippen molar-refractivity contribution < 1.29 is 13.9 Å². The number of carbonyl (C=O) groups is 1. The molecule has 0 aliphatic heterocycles. The summed E-state index contributed by atoms with van der Waals surface area (Å²) in [4.78, 5) is 25.8. The molecule has 2 aromatic carbocycles. The summed E-state index contributed by atoms with van der Waals surface area (Å²) in [5, 5.41) is 2.85. The van der Waals surface area contributed by atoms with Crippen LogP contribution in [0.1, 0.15) is 11.1 Å². The summed E-state index contributed by atoms with van der Waals surface area (Å²) in [6.45, 7) is 0.360. The van der Waals surface area contributed by atoms with E-state index < -0.39 is 5.76 Å². The third kappa shape index (κ3) is 3.42. The van der Waals surface area contributed by atoms with Gasteiger partial charge in [-0.2, -0.15) is 0 Å². The lowest BCUT2D eigenvalue weighted by Crippen LogP contribution is -2.24. The zero-order chi connectivity index (χ0) is 16.2. The number of carbonyl (C=O) groups excluding carboxylic acids is 1. The molecule has 0 fully saturated rings. The number of H-pyrrole nitrogens is 1. The lowest BCUT2D eigenvalue weighted by Gasteiger charge is -2.09. The quantitative estimate of drug-likeness (QED) is 0.754. The van der Waals surface area contributed by atoms with Crippen LogP contribution in [0.4, 0.5) is 0 Å². The molecule has 0 unspecified atom stereocenters. The molecular formula is C17H16N2O4. The van der Waals surface area contributed by atoms with Gasteiger partial charge in [0.2, 0.25) is 5.91 Å². The molecule has 3 rings (SSSR count). The number of fused-ring (bicyclic) bond motifs is 1. The van der Waals surface area contributed by atoms with E-state index in [0.29, 0.717) is 23.4 Å². The molecule has 6 heteroatoms. The molecule has 0 aliphatic rings. The summed E-state index contributed by atoms with van der Waals surface area (Å²) < 4.78 is 10.2. The molecule has 1 amide bonds. The van der Waals surface area contributed by atoms with Gasteiger partial charge in [0.15, 0.2) is 5.58 Å². The minimum atomic E-state index is -0.489. The normalized spacial score (nSPS) is 10.7. The highest BCUT2D eigenvalue weighted by atomic mass is 16.5. The zero-order valence-electron chi connectivity index (χ0n) is 12.6. The first-order valence-corrected chi connectivity index (χ1v) is 7.16. The highest BCUT2D eigenvalue weighted by Crippen LogP contribution is 2.17. The van der Waals surface area contributed by atoms with Crippen LogP contribution in [0.25, 0.3) is 11.1 Å². The third-order valence-corrected chi connectivity index (χ3v) is 3.52. The molecule has 3 aromatic rings. The van der Waals surface area contributed by atoms with E-state index in [2.05, 4.69) is 10.3 Å². The van der Waals surface area contributed by atoms with Crippen molar-refractivity contribution in [3.05, 3.63) is 64.1 Å². The Morgan fingerprint density at radius 2 is 2.09 bits per heavy atom. The predicted molar refractivity (Wildman–Crippen MR) is 85.4 cm³/mol. The fraction of sp³-hybridized carbons (Fsp3) is 0.176. The fourth-order valence-corrected chi connectivity index (χ4v) is 2.38. The first-order valence-electron chi connectivity index (χ1n) is 7.16. The Labute approximate surface area is 132 Å². The maximum Gasteiger partial charge on any atom is 0.417 e. The Bertz CT molecular complexity index is 895. The van der Waals surface area contributed by atoms with Crippen molar-refractivity contribution in [2.45, 2.75) is 13.0 Å². The van der Waals surface area contributed by atoms with Crippen LogP contribution in [0, 0.1) is 0 Å². The fourth-order valence-electron chi connectivity index (χ4n) is 2.38. The van der Waals surface area contributed by atoms with Gasteiger partial charge < -0.3 is 14.5 Å². The van der Waals surface area contributed by atoms with E-state index in [1.807, 2.05) is 30.3 Å². The highest BCUT2D eigenvalue weighted by Gasteiger charge is 2.08. The lowest BCUT2D eigenvalue weighted by atomic mass is 10.1. The summed E-state index contributed by atoms with van der Waals surface area (Å²) >= 11 is 0. The lowest BCUT2D eigenvalue weighted by molar-refractivity contribution is -0.120. The summed E-state index contributed by atoms with van der Waals surface area (Å²) in [6.07, 6.45) is 0.242. The van der Waals surface area contributed by atoms with Crippen LogP contribution in [0.15, 0.2) is 51.7 Å². The van der Waals surface area contributed by atoms with Crippen molar-refractivity contribution in [3.63, 3.8) is 0 Å². The van der Waals surface area contributed by atoms with Gasteiger partial charge in [0.25, 0.3) is 0 Å². The number of aromatic nitrogens is 1. The van der Waals surface area contributed by atoms with Gasteiger partial charge in [-0.1, -0.05) is 24.3 Å². The molecular weight excluding hydrogens is 296 g/mol. The van der Waals surface area contributed by atoms with E-state index in [4.69, 9.17) is 9.15 Å². The average molecular weight is 312 g/mol. The molecule has 1 heterocycles. The summed E-state index contributed by atoms with van der Waals surface area (Å²) in [5.74, 6) is 0.0978. The number of nitrogens with one attached hydrogen (secondary N) is 2. The molecule has 0 saturated carbocycles. The highest BCUT2D eigenvalue weighted by molar-refractivity contribution is 5.79. The van der Waals surface area contributed by atoms with Crippen molar-refractivity contribution >= 4 is 17.0 Å². The van der Waals surface area contributed by atoms with E-state index in [0.717, 1.165) is 11.1 Å². The second-order valence-corrected chi connectivity index (χ2v) is 5.11. The number of methoxy groups -OCH3 is 1. The monoisotopic (exact) mass is 312 g/mol. The zero-order valence-corrected chi connectivity index (χ0v) is 12.6. The molecule has 1 aromatic heterocycles. The van der Waals surface area contributed by atoms with Gasteiger partial charge in [-0.05, 0) is 23.8 Å². The Morgan fingerprint density at radius 3 is 2.91 bits per heavy atom. The summed E-state index contributed by atoms with van der Waals surface area (Å²) in [5.41, 5.74) is 2.80. The minimum Gasteiger partial charge on any atom is -0.496 e. The van der Waals surface area contributed by atoms with Gasteiger partial charge in [0, 0.05) is 12.1 Å². The minimum absolute atomic E-state index is 0.106. The van der Waals surface area contributed by atoms with Gasteiger partial charge in [0.1, 0.15) is 5.75 Å². The van der Waals surface area contributed by atoms with Gasteiger partial charge in [-0.15, -0.1) is 0 Å². The summed E-state index contributed by atoms with van der Waals surface area (Å²) in [6, 6.07) is 12.7. The second-order valence-electron chi connectivity index (χ2n) is 5.11. The molecule has 0 bridgehead atoms. The Kier molecular flexibility index (Phi) is 4.14. The third-order valence-electron chi connectivity index (χ3n) is 3.52. The van der Waals surface area contributed by atoms with E-state index >= 15 is 0 Å². The number of amides is 1. The number of rotatable bonds is 5. The molecule has 6 nitrogen and oxygen atoms in total.